The van der Waals surface area contributed by atoms with E-state index in [1.54, 1.807) is 23.9 Å². The molecule has 0 saturated carbocycles. The molecule has 0 unspecified atom stereocenters. The highest BCUT2D eigenvalue weighted by Crippen LogP contribution is 2.25. The van der Waals surface area contributed by atoms with Crippen molar-refractivity contribution in [2.24, 2.45) is 0 Å². The topological polar surface area (TPSA) is 63.5 Å². The minimum absolute atomic E-state index is 0.166. The number of anilines is 1. The third kappa shape index (κ3) is 4.47. The van der Waals surface area contributed by atoms with E-state index in [4.69, 9.17) is 16.3 Å². The van der Waals surface area contributed by atoms with Gasteiger partial charge in [-0.3, -0.25) is 4.79 Å². The number of rotatable bonds is 5. The van der Waals surface area contributed by atoms with Crippen molar-refractivity contribution in [3.8, 4) is 22.8 Å². The van der Waals surface area contributed by atoms with E-state index in [1.807, 2.05) is 59.5 Å². The van der Waals surface area contributed by atoms with Crippen LogP contribution >= 0.6 is 11.6 Å². The van der Waals surface area contributed by atoms with Crippen LogP contribution in [0.2, 0.25) is 5.02 Å². The van der Waals surface area contributed by atoms with Crippen molar-refractivity contribution in [3.05, 3.63) is 89.7 Å². The molecule has 172 valence electrons. The van der Waals surface area contributed by atoms with Crippen LogP contribution in [0.25, 0.3) is 17.1 Å². The second kappa shape index (κ2) is 9.57. The lowest BCUT2D eigenvalue weighted by atomic mass is 10.2. The van der Waals surface area contributed by atoms with Crippen LogP contribution in [0.15, 0.2) is 78.9 Å². The zero-order chi connectivity index (χ0) is 23.5. The number of nitrogens with zero attached hydrogens (tertiary/aromatic N) is 5. The molecule has 2 heterocycles. The number of carbonyl (C=O) groups excluding carboxylic acids is 1. The van der Waals surface area contributed by atoms with E-state index >= 15 is 0 Å². The summed E-state index contributed by atoms with van der Waals surface area (Å²) in [5.41, 5.74) is 2.72. The molecule has 0 radical (unpaired) electrons. The molecule has 0 atom stereocenters. The van der Waals surface area contributed by atoms with Gasteiger partial charge in [-0.1, -0.05) is 35.9 Å². The Kier molecular flexibility index (Phi) is 6.18. The molecule has 1 fully saturated rings. The van der Waals surface area contributed by atoms with Crippen molar-refractivity contribution in [2.75, 3.05) is 38.2 Å². The van der Waals surface area contributed by atoms with E-state index in [0.29, 0.717) is 23.9 Å². The third-order valence-corrected chi connectivity index (χ3v) is 6.12. The van der Waals surface area contributed by atoms with Crippen molar-refractivity contribution >= 4 is 23.2 Å². The van der Waals surface area contributed by atoms with E-state index in [2.05, 4.69) is 27.1 Å². The van der Waals surface area contributed by atoms with Crippen LogP contribution in [0, 0.1) is 0 Å². The summed E-state index contributed by atoms with van der Waals surface area (Å²) in [6.07, 6.45) is 0. The number of aromatic nitrogens is 3. The number of piperazine rings is 1. The molecule has 4 aromatic rings. The normalized spacial score (nSPS) is 13.7. The van der Waals surface area contributed by atoms with Crippen molar-refractivity contribution in [2.45, 2.75) is 0 Å². The molecular formula is C26H24ClN5O2. The average Bonchev–Trinajstić information content (AvgIpc) is 3.34. The number of hydrogen-bond donors (Lipinski definition) is 0. The maximum atomic E-state index is 13.4. The van der Waals surface area contributed by atoms with Crippen LogP contribution < -0.4 is 9.64 Å². The smallest absolute Gasteiger partial charge is 0.293 e. The number of para-hydroxylation sites is 1. The zero-order valence-electron chi connectivity index (χ0n) is 18.8. The maximum Gasteiger partial charge on any atom is 0.293 e. The van der Waals surface area contributed by atoms with Gasteiger partial charge in [-0.25, -0.2) is 9.67 Å². The number of methoxy groups -OCH3 is 1. The first-order valence-corrected chi connectivity index (χ1v) is 11.5. The average molecular weight is 474 g/mol. The van der Waals surface area contributed by atoms with Gasteiger partial charge in [0, 0.05) is 42.5 Å². The fraction of sp³-hybridized carbons (Fsp3) is 0.192. The summed E-state index contributed by atoms with van der Waals surface area (Å²) >= 11 is 6.23. The van der Waals surface area contributed by atoms with E-state index in [9.17, 15) is 4.79 Å². The Morgan fingerprint density at radius 1 is 0.882 bits per heavy atom. The maximum absolute atomic E-state index is 13.4. The Balaban J connectivity index is 1.43. The first-order chi connectivity index (χ1) is 16.6. The molecule has 1 aliphatic heterocycles. The van der Waals surface area contributed by atoms with Gasteiger partial charge in [0.2, 0.25) is 5.82 Å². The van der Waals surface area contributed by atoms with Crippen LogP contribution in [0.3, 0.4) is 0 Å². The highest BCUT2D eigenvalue weighted by Gasteiger charge is 2.27. The minimum atomic E-state index is -0.178. The molecule has 1 amide bonds. The summed E-state index contributed by atoms with van der Waals surface area (Å²) in [5.74, 6) is 1.29. The first kappa shape index (κ1) is 22.0. The monoisotopic (exact) mass is 473 g/mol. The molecule has 8 heteroatoms. The number of carbonyl (C=O) groups is 1. The van der Waals surface area contributed by atoms with Gasteiger partial charge < -0.3 is 14.5 Å². The lowest BCUT2D eigenvalue weighted by Crippen LogP contribution is -2.49. The Bertz CT molecular complexity index is 1280. The van der Waals surface area contributed by atoms with E-state index < -0.39 is 0 Å². The largest absolute Gasteiger partial charge is 0.497 e. The second-order valence-corrected chi connectivity index (χ2v) is 8.43. The molecular weight excluding hydrogens is 450 g/mol. The van der Waals surface area contributed by atoms with Crippen LogP contribution in [-0.2, 0) is 0 Å². The highest BCUT2D eigenvalue weighted by atomic mass is 35.5. The number of benzene rings is 3. The van der Waals surface area contributed by atoms with Crippen LogP contribution in [0.5, 0.6) is 5.75 Å². The Morgan fingerprint density at radius 3 is 2.26 bits per heavy atom. The molecule has 5 rings (SSSR count). The molecule has 0 aliphatic carbocycles. The number of ether oxygens (including phenoxy) is 1. The Hall–Kier alpha value is -3.84. The van der Waals surface area contributed by atoms with Crippen molar-refractivity contribution in [1.82, 2.24) is 19.7 Å². The van der Waals surface area contributed by atoms with Gasteiger partial charge in [0.15, 0.2) is 5.82 Å². The van der Waals surface area contributed by atoms with Crippen LogP contribution in [-0.4, -0.2) is 58.9 Å². The van der Waals surface area contributed by atoms with Gasteiger partial charge >= 0.3 is 0 Å². The Labute approximate surface area is 203 Å². The molecule has 34 heavy (non-hydrogen) atoms. The van der Waals surface area contributed by atoms with E-state index in [0.717, 1.165) is 30.1 Å². The van der Waals surface area contributed by atoms with Gasteiger partial charge in [0.25, 0.3) is 5.91 Å². The summed E-state index contributed by atoms with van der Waals surface area (Å²) in [7, 11) is 1.62. The second-order valence-electron chi connectivity index (χ2n) is 7.99. The van der Waals surface area contributed by atoms with Gasteiger partial charge in [-0.2, -0.15) is 0 Å². The molecule has 0 bridgehead atoms. The number of hydrogen-bond acceptors (Lipinski definition) is 5. The lowest BCUT2D eigenvalue weighted by Gasteiger charge is -2.35. The zero-order valence-corrected chi connectivity index (χ0v) is 19.5. The summed E-state index contributed by atoms with van der Waals surface area (Å²) in [4.78, 5) is 22.1. The summed E-state index contributed by atoms with van der Waals surface area (Å²) in [5, 5.41) is 5.19. The molecule has 1 aliphatic rings. The third-order valence-electron chi connectivity index (χ3n) is 5.89. The summed E-state index contributed by atoms with van der Waals surface area (Å²) < 4.78 is 6.94. The lowest BCUT2D eigenvalue weighted by molar-refractivity contribution is 0.0734. The van der Waals surface area contributed by atoms with Gasteiger partial charge in [-0.05, 0) is 54.6 Å². The van der Waals surface area contributed by atoms with Crippen molar-refractivity contribution in [1.29, 1.82) is 0 Å². The first-order valence-electron chi connectivity index (χ1n) is 11.1. The Morgan fingerprint density at radius 2 is 1.59 bits per heavy atom. The fourth-order valence-corrected chi connectivity index (χ4v) is 4.25. The van der Waals surface area contributed by atoms with Crippen LogP contribution in [0.4, 0.5) is 5.69 Å². The number of halogens is 1. The van der Waals surface area contributed by atoms with Gasteiger partial charge in [0.1, 0.15) is 5.75 Å². The predicted octanol–water partition coefficient (Wildman–Crippen LogP) is 4.56. The molecule has 7 nitrogen and oxygen atoms in total. The minimum Gasteiger partial charge on any atom is -0.497 e. The quantitative estimate of drug-likeness (QED) is 0.425. The standard InChI is InChI=1S/C26H24ClN5O2/c1-34-23-12-10-19(11-13-23)25-28-24(29-32(25)22-9-5-6-20(27)18-22)26(33)31-16-14-30(15-17-31)21-7-3-2-4-8-21/h2-13,18H,14-17H2,1H3. The fourth-order valence-electron chi connectivity index (χ4n) is 4.07. The van der Waals surface area contributed by atoms with Gasteiger partial charge in [-0.15, -0.1) is 5.10 Å². The highest BCUT2D eigenvalue weighted by molar-refractivity contribution is 6.30. The predicted molar refractivity (Wildman–Crippen MR) is 133 cm³/mol. The molecule has 1 saturated heterocycles. The number of amides is 1. The molecule has 0 spiro atoms. The molecule has 3 aromatic carbocycles. The SMILES string of the molecule is COc1ccc(-c2nc(C(=O)N3CCN(c4ccccc4)CC3)nn2-c2cccc(Cl)c2)cc1. The molecule has 1 aromatic heterocycles. The van der Waals surface area contributed by atoms with Crippen molar-refractivity contribution in [3.63, 3.8) is 0 Å². The van der Waals surface area contributed by atoms with Gasteiger partial charge in [0.05, 0.1) is 12.8 Å². The summed E-state index contributed by atoms with van der Waals surface area (Å²) in [6.45, 7) is 2.74. The van der Waals surface area contributed by atoms with E-state index in [-0.39, 0.29) is 11.7 Å². The molecule has 0 N–H and O–H groups in total. The van der Waals surface area contributed by atoms with Crippen LogP contribution in [0.1, 0.15) is 10.6 Å². The summed E-state index contributed by atoms with van der Waals surface area (Å²) in [6, 6.07) is 25.1. The van der Waals surface area contributed by atoms with Crippen molar-refractivity contribution < 1.29 is 9.53 Å². The van der Waals surface area contributed by atoms with E-state index in [1.165, 1.54) is 5.69 Å².